The minimum absolute atomic E-state index is 0.000179. The molecule has 0 saturated carbocycles. The number of benzene rings is 1. The van der Waals surface area contributed by atoms with Gasteiger partial charge in [0, 0.05) is 32.6 Å². The van der Waals surface area contributed by atoms with Gasteiger partial charge in [-0.15, -0.1) is 0 Å². The van der Waals surface area contributed by atoms with E-state index in [2.05, 4.69) is 0 Å². The van der Waals surface area contributed by atoms with Crippen LogP contribution in [0.5, 0.6) is 5.75 Å². The fourth-order valence-electron chi connectivity index (χ4n) is 2.53. The van der Waals surface area contributed by atoms with Crippen LogP contribution in [-0.4, -0.2) is 59.8 Å². The van der Waals surface area contributed by atoms with E-state index in [-0.39, 0.29) is 23.6 Å². The highest BCUT2D eigenvalue weighted by molar-refractivity contribution is 5.99. The van der Waals surface area contributed by atoms with Crippen molar-refractivity contribution in [3.05, 3.63) is 29.6 Å². The fraction of sp³-hybridized carbons (Fsp3) is 0.533. The second-order valence-corrected chi connectivity index (χ2v) is 5.59. The first-order valence-electron chi connectivity index (χ1n) is 6.90. The number of carbonyl (C=O) groups is 1. The molecule has 0 amide bonds. The number of phenolic OH excluding ortho intramolecular Hbond substituents is 1. The number of rotatable bonds is 5. The quantitative estimate of drug-likeness (QED) is 0.799. The predicted molar refractivity (Wildman–Crippen MR) is 74.9 cm³/mol. The summed E-state index contributed by atoms with van der Waals surface area (Å²) in [6, 6.07) is 3.28. The molecule has 2 N–H and O–H groups in total. The molecule has 0 bridgehead atoms. The molecule has 0 atom stereocenters. The van der Waals surface area contributed by atoms with Crippen molar-refractivity contribution >= 4 is 5.78 Å². The summed E-state index contributed by atoms with van der Waals surface area (Å²) in [6.07, 6.45) is 1.05. The van der Waals surface area contributed by atoms with Gasteiger partial charge in [0.05, 0.1) is 17.7 Å². The molecule has 1 aromatic rings. The monoisotopic (exact) mass is 297 g/mol. The number of halogens is 1. The van der Waals surface area contributed by atoms with Gasteiger partial charge in [0.2, 0.25) is 0 Å². The summed E-state index contributed by atoms with van der Waals surface area (Å²) in [5, 5.41) is 20.0. The van der Waals surface area contributed by atoms with Crippen molar-refractivity contribution in [2.45, 2.75) is 18.4 Å². The Kier molecular flexibility index (Phi) is 4.92. The van der Waals surface area contributed by atoms with Crippen LogP contribution in [0.4, 0.5) is 4.39 Å². The van der Waals surface area contributed by atoms with Crippen molar-refractivity contribution in [3.8, 4) is 5.75 Å². The molecule has 1 saturated heterocycles. The SMILES string of the molecule is CN(CC(=O)c1cc(F)ccc1O)CC1(O)CCOCC1. The van der Waals surface area contributed by atoms with Crippen LogP contribution in [0.2, 0.25) is 0 Å². The van der Waals surface area contributed by atoms with Crippen molar-refractivity contribution in [2.75, 3.05) is 33.4 Å². The third-order valence-corrected chi connectivity index (χ3v) is 3.66. The molecule has 116 valence electrons. The highest BCUT2D eigenvalue weighted by atomic mass is 19.1. The Morgan fingerprint density at radius 3 is 2.76 bits per heavy atom. The molecule has 0 radical (unpaired) electrons. The van der Waals surface area contributed by atoms with Crippen molar-refractivity contribution in [1.82, 2.24) is 4.90 Å². The molecule has 0 unspecified atom stereocenters. The number of hydrogen-bond donors (Lipinski definition) is 2. The number of phenols is 1. The Bertz CT molecular complexity index is 514. The standard InChI is InChI=1S/C15H20FNO4/c1-17(10-15(20)4-6-21-7-5-15)9-14(19)12-8-11(16)2-3-13(12)18/h2-3,8,18,20H,4-7,9-10H2,1H3. The van der Waals surface area contributed by atoms with Gasteiger partial charge in [0.25, 0.3) is 0 Å². The van der Waals surface area contributed by atoms with E-state index in [9.17, 15) is 19.4 Å². The molecule has 0 aliphatic carbocycles. The Morgan fingerprint density at radius 2 is 2.10 bits per heavy atom. The maximum atomic E-state index is 13.1. The summed E-state index contributed by atoms with van der Waals surface area (Å²) in [6.45, 7) is 1.34. The lowest BCUT2D eigenvalue weighted by Gasteiger charge is -2.35. The van der Waals surface area contributed by atoms with Crippen LogP contribution in [0, 0.1) is 5.82 Å². The molecule has 6 heteroatoms. The van der Waals surface area contributed by atoms with E-state index in [1.807, 2.05) is 0 Å². The van der Waals surface area contributed by atoms with Crippen LogP contribution < -0.4 is 0 Å². The lowest BCUT2D eigenvalue weighted by Crippen LogP contribution is -2.46. The number of hydrogen-bond acceptors (Lipinski definition) is 5. The maximum absolute atomic E-state index is 13.1. The molecular formula is C15H20FNO4. The number of Topliss-reactive ketones (excluding diaryl/α,β-unsaturated/α-hetero) is 1. The van der Waals surface area contributed by atoms with Crippen LogP contribution in [0.25, 0.3) is 0 Å². The normalized spacial score (nSPS) is 17.9. The van der Waals surface area contributed by atoms with Gasteiger partial charge in [-0.25, -0.2) is 4.39 Å². The molecule has 1 aromatic carbocycles. The zero-order valence-electron chi connectivity index (χ0n) is 12.0. The van der Waals surface area contributed by atoms with Gasteiger partial charge in [-0.3, -0.25) is 9.69 Å². The average Bonchev–Trinajstić information content (AvgIpc) is 2.41. The van der Waals surface area contributed by atoms with Crippen molar-refractivity contribution in [2.24, 2.45) is 0 Å². The topological polar surface area (TPSA) is 70.0 Å². The first kappa shape index (κ1) is 15.9. The van der Waals surface area contributed by atoms with E-state index >= 15 is 0 Å². The second kappa shape index (κ2) is 6.51. The third kappa shape index (κ3) is 4.23. The molecule has 1 aliphatic rings. The first-order chi connectivity index (χ1) is 9.89. The Hall–Kier alpha value is -1.50. The number of ether oxygens (including phenoxy) is 1. The average molecular weight is 297 g/mol. The Balaban J connectivity index is 1.97. The summed E-state index contributed by atoms with van der Waals surface area (Å²) in [4.78, 5) is 13.8. The van der Waals surface area contributed by atoms with Crippen molar-refractivity contribution in [1.29, 1.82) is 0 Å². The maximum Gasteiger partial charge on any atom is 0.180 e. The fourth-order valence-corrected chi connectivity index (χ4v) is 2.53. The number of ketones is 1. The highest BCUT2D eigenvalue weighted by Gasteiger charge is 2.31. The Morgan fingerprint density at radius 1 is 1.43 bits per heavy atom. The Labute approximate surface area is 122 Å². The minimum Gasteiger partial charge on any atom is -0.507 e. The minimum atomic E-state index is -0.864. The number of nitrogens with zero attached hydrogens (tertiary/aromatic N) is 1. The van der Waals surface area contributed by atoms with Gasteiger partial charge in [-0.1, -0.05) is 0 Å². The summed E-state index contributed by atoms with van der Waals surface area (Å²) in [7, 11) is 1.71. The largest absolute Gasteiger partial charge is 0.507 e. The zero-order valence-corrected chi connectivity index (χ0v) is 12.0. The molecule has 2 rings (SSSR count). The van der Waals surface area contributed by atoms with E-state index in [0.29, 0.717) is 32.6 Å². The molecule has 0 aromatic heterocycles. The van der Waals surface area contributed by atoms with Crippen LogP contribution in [-0.2, 0) is 4.74 Å². The lowest BCUT2D eigenvalue weighted by atomic mass is 9.94. The van der Waals surface area contributed by atoms with Crippen molar-refractivity contribution < 1.29 is 24.1 Å². The van der Waals surface area contributed by atoms with Gasteiger partial charge in [0.1, 0.15) is 11.6 Å². The number of aromatic hydroxyl groups is 1. The zero-order chi connectivity index (χ0) is 15.5. The van der Waals surface area contributed by atoms with Crippen molar-refractivity contribution in [3.63, 3.8) is 0 Å². The van der Waals surface area contributed by atoms with E-state index in [1.54, 1.807) is 11.9 Å². The van der Waals surface area contributed by atoms with Gasteiger partial charge in [-0.2, -0.15) is 0 Å². The second-order valence-electron chi connectivity index (χ2n) is 5.59. The predicted octanol–water partition coefficient (Wildman–Crippen LogP) is 1.19. The number of likely N-dealkylation sites (N-methyl/N-ethyl adjacent to an activating group) is 1. The van der Waals surface area contributed by atoms with Gasteiger partial charge in [-0.05, 0) is 25.2 Å². The molecule has 21 heavy (non-hydrogen) atoms. The summed E-state index contributed by atoms with van der Waals surface area (Å²) in [5.41, 5.74) is -0.905. The molecule has 1 fully saturated rings. The van der Waals surface area contributed by atoms with Crippen LogP contribution >= 0.6 is 0 Å². The smallest absolute Gasteiger partial charge is 0.180 e. The summed E-state index contributed by atoms with van der Waals surface area (Å²) >= 11 is 0. The molecule has 0 spiro atoms. The molecule has 1 heterocycles. The van der Waals surface area contributed by atoms with E-state index in [0.717, 1.165) is 18.2 Å². The summed E-state index contributed by atoms with van der Waals surface area (Å²) < 4.78 is 18.4. The van der Waals surface area contributed by atoms with E-state index < -0.39 is 11.4 Å². The highest BCUT2D eigenvalue weighted by Crippen LogP contribution is 2.22. The van der Waals surface area contributed by atoms with Crippen LogP contribution in [0.3, 0.4) is 0 Å². The number of carbonyl (C=O) groups excluding carboxylic acids is 1. The van der Waals surface area contributed by atoms with Crippen LogP contribution in [0.15, 0.2) is 18.2 Å². The van der Waals surface area contributed by atoms with Crippen LogP contribution in [0.1, 0.15) is 23.2 Å². The van der Waals surface area contributed by atoms with Gasteiger partial charge < -0.3 is 14.9 Å². The van der Waals surface area contributed by atoms with E-state index in [1.165, 1.54) is 0 Å². The lowest BCUT2D eigenvalue weighted by molar-refractivity contribution is -0.0758. The van der Waals surface area contributed by atoms with Gasteiger partial charge in [0.15, 0.2) is 5.78 Å². The molecule has 1 aliphatic heterocycles. The summed E-state index contributed by atoms with van der Waals surface area (Å²) in [5.74, 6) is -1.19. The third-order valence-electron chi connectivity index (χ3n) is 3.66. The first-order valence-corrected chi connectivity index (χ1v) is 6.90. The number of aliphatic hydroxyl groups is 1. The van der Waals surface area contributed by atoms with E-state index in [4.69, 9.17) is 4.74 Å². The molecular weight excluding hydrogens is 277 g/mol. The van der Waals surface area contributed by atoms with Gasteiger partial charge >= 0.3 is 0 Å². The molecule has 5 nitrogen and oxygen atoms in total.